The number of rotatable bonds is 3. The van der Waals surface area contributed by atoms with Gasteiger partial charge < -0.3 is 5.32 Å². The van der Waals surface area contributed by atoms with Gasteiger partial charge in [-0.1, -0.05) is 0 Å². The van der Waals surface area contributed by atoms with Crippen LogP contribution in [0.15, 0.2) is 18.2 Å². The molecule has 0 aliphatic carbocycles. The quantitative estimate of drug-likeness (QED) is 0.743. The molecule has 2 aromatic rings. The molecule has 3 heterocycles. The molecule has 10 heteroatoms. The summed E-state index contributed by atoms with van der Waals surface area (Å²) in [7, 11) is 3.15. The van der Waals surface area contributed by atoms with Crippen LogP contribution in [0, 0.1) is 0 Å². The van der Waals surface area contributed by atoms with Crippen molar-refractivity contribution in [1.29, 1.82) is 0 Å². The summed E-state index contributed by atoms with van der Waals surface area (Å²) < 4.78 is 1.55. The number of benzene rings is 1. The first-order valence-electron chi connectivity index (χ1n) is 8.85. The summed E-state index contributed by atoms with van der Waals surface area (Å²) in [5, 5.41) is 10.5. The third-order valence-corrected chi connectivity index (χ3v) is 5.06. The van der Waals surface area contributed by atoms with Gasteiger partial charge in [0.1, 0.15) is 0 Å². The molecule has 1 fully saturated rings. The molecule has 2 aliphatic heterocycles. The highest BCUT2D eigenvalue weighted by atomic mass is 35.5. The van der Waals surface area contributed by atoms with Gasteiger partial charge in [-0.2, -0.15) is 10.1 Å². The average Bonchev–Trinajstić information content (AvgIpc) is 3.15. The third kappa shape index (κ3) is 3.38. The van der Waals surface area contributed by atoms with Crippen molar-refractivity contribution in [2.45, 2.75) is 18.8 Å². The first-order chi connectivity index (χ1) is 13.0. The lowest BCUT2D eigenvalue weighted by molar-refractivity contribution is 0.0693. The van der Waals surface area contributed by atoms with Gasteiger partial charge in [-0.05, 0) is 44.1 Å². The van der Waals surface area contributed by atoms with Crippen LogP contribution in [0.1, 0.15) is 55.7 Å². The van der Waals surface area contributed by atoms with E-state index in [-0.39, 0.29) is 35.4 Å². The summed E-state index contributed by atoms with van der Waals surface area (Å²) >= 11 is 0. The standard InChI is InChI=1S/C18H20N6O3.ClH/c1-23-16(26)12-4-3-11(9-13(12)17(23)27)15(25)21-18-20-14(22-24(18)2)10-5-7-19-8-6-10;/h3-4,9-10,19H,5-8H2,1-2H3,(H,20,21,22,25);1H. The number of nitrogens with one attached hydrogen (secondary N) is 2. The Hall–Kier alpha value is -2.78. The molecule has 0 bridgehead atoms. The second-order valence-corrected chi connectivity index (χ2v) is 6.83. The van der Waals surface area contributed by atoms with Gasteiger partial charge in [-0.15, -0.1) is 12.4 Å². The number of carbonyl (C=O) groups is 3. The highest BCUT2D eigenvalue weighted by Crippen LogP contribution is 2.25. The molecule has 2 N–H and O–H groups in total. The predicted molar refractivity (Wildman–Crippen MR) is 104 cm³/mol. The zero-order valence-electron chi connectivity index (χ0n) is 15.6. The molecule has 148 valence electrons. The minimum absolute atomic E-state index is 0. The van der Waals surface area contributed by atoms with Gasteiger partial charge in [0.15, 0.2) is 5.82 Å². The summed E-state index contributed by atoms with van der Waals surface area (Å²) in [6, 6.07) is 4.48. The Bertz CT molecular complexity index is 951. The van der Waals surface area contributed by atoms with Crippen LogP contribution in [0.25, 0.3) is 0 Å². The first-order valence-corrected chi connectivity index (χ1v) is 8.85. The fraction of sp³-hybridized carbons (Fsp3) is 0.389. The van der Waals surface area contributed by atoms with Gasteiger partial charge >= 0.3 is 0 Å². The second-order valence-electron chi connectivity index (χ2n) is 6.83. The van der Waals surface area contributed by atoms with Crippen molar-refractivity contribution in [1.82, 2.24) is 25.0 Å². The summed E-state index contributed by atoms with van der Waals surface area (Å²) in [6.07, 6.45) is 1.93. The maximum absolute atomic E-state index is 12.6. The Morgan fingerprint density at radius 1 is 1.14 bits per heavy atom. The number of nitrogens with zero attached hydrogens (tertiary/aromatic N) is 4. The minimum Gasteiger partial charge on any atom is -0.317 e. The number of halogens is 1. The normalized spacial score (nSPS) is 16.7. The Morgan fingerprint density at radius 3 is 2.54 bits per heavy atom. The van der Waals surface area contributed by atoms with E-state index in [0.29, 0.717) is 11.5 Å². The van der Waals surface area contributed by atoms with Crippen molar-refractivity contribution < 1.29 is 14.4 Å². The number of hydrogen-bond acceptors (Lipinski definition) is 6. The number of hydrogen-bond donors (Lipinski definition) is 2. The van der Waals surface area contributed by atoms with E-state index in [0.717, 1.165) is 36.7 Å². The topological polar surface area (TPSA) is 109 Å². The molecule has 1 aromatic heterocycles. The highest BCUT2D eigenvalue weighted by molar-refractivity contribution is 6.22. The van der Waals surface area contributed by atoms with Crippen molar-refractivity contribution in [3.8, 4) is 0 Å². The first kappa shape index (κ1) is 20.0. The van der Waals surface area contributed by atoms with E-state index in [9.17, 15) is 14.4 Å². The van der Waals surface area contributed by atoms with Gasteiger partial charge in [0.25, 0.3) is 17.7 Å². The lowest BCUT2D eigenvalue weighted by Gasteiger charge is -2.19. The fourth-order valence-corrected chi connectivity index (χ4v) is 3.44. The highest BCUT2D eigenvalue weighted by Gasteiger charge is 2.33. The number of piperidine rings is 1. The van der Waals surface area contributed by atoms with Crippen molar-refractivity contribution in [2.75, 3.05) is 25.5 Å². The molecule has 0 saturated carbocycles. The predicted octanol–water partition coefficient (Wildman–Crippen LogP) is 1.18. The second kappa shape index (κ2) is 7.69. The molecule has 1 aromatic carbocycles. The number of carbonyl (C=O) groups excluding carboxylic acids is 3. The van der Waals surface area contributed by atoms with Crippen LogP contribution in [0.4, 0.5) is 5.95 Å². The van der Waals surface area contributed by atoms with Crippen molar-refractivity contribution >= 4 is 36.1 Å². The SMILES string of the molecule is CN1C(=O)c2ccc(C(=O)Nc3nc(C4CCNCC4)nn3C)cc2C1=O.Cl. The molecule has 1 saturated heterocycles. The van der Waals surface area contributed by atoms with E-state index >= 15 is 0 Å². The van der Waals surface area contributed by atoms with Crippen LogP contribution in [0.2, 0.25) is 0 Å². The molecule has 0 unspecified atom stereocenters. The number of amides is 3. The molecule has 28 heavy (non-hydrogen) atoms. The van der Waals surface area contributed by atoms with E-state index in [1.807, 2.05) is 0 Å². The van der Waals surface area contributed by atoms with Gasteiger partial charge in [-0.25, -0.2) is 4.68 Å². The Morgan fingerprint density at radius 2 is 1.82 bits per heavy atom. The Kier molecular flexibility index (Phi) is 5.48. The van der Waals surface area contributed by atoms with Crippen molar-refractivity contribution in [2.24, 2.45) is 7.05 Å². The molecule has 0 radical (unpaired) electrons. The molecule has 3 amide bonds. The number of imide groups is 1. The molecular formula is C18H21ClN6O3. The van der Waals surface area contributed by atoms with Crippen LogP contribution in [0.5, 0.6) is 0 Å². The zero-order chi connectivity index (χ0) is 19.1. The monoisotopic (exact) mass is 404 g/mol. The number of anilines is 1. The molecule has 9 nitrogen and oxygen atoms in total. The molecule has 0 spiro atoms. The van der Waals surface area contributed by atoms with E-state index in [1.54, 1.807) is 11.7 Å². The molecular weight excluding hydrogens is 384 g/mol. The van der Waals surface area contributed by atoms with E-state index < -0.39 is 11.8 Å². The maximum Gasteiger partial charge on any atom is 0.261 e. The lowest BCUT2D eigenvalue weighted by Crippen LogP contribution is -2.27. The fourth-order valence-electron chi connectivity index (χ4n) is 3.44. The summed E-state index contributed by atoms with van der Waals surface area (Å²) in [5.74, 6) is 0.194. The molecule has 2 aliphatic rings. The van der Waals surface area contributed by atoms with Crippen LogP contribution < -0.4 is 10.6 Å². The minimum atomic E-state index is -0.406. The third-order valence-electron chi connectivity index (χ3n) is 5.06. The Balaban J connectivity index is 0.00000225. The van der Waals surface area contributed by atoms with Crippen LogP contribution in [-0.2, 0) is 7.05 Å². The number of aromatic nitrogens is 3. The smallest absolute Gasteiger partial charge is 0.261 e. The van der Waals surface area contributed by atoms with E-state index in [4.69, 9.17) is 0 Å². The van der Waals surface area contributed by atoms with Gasteiger partial charge in [-0.3, -0.25) is 24.6 Å². The largest absolute Gasteiger partial charge is 0.317 e. The van der Waals surface area contributed by atoms with E-state index in [1.165, 1.54) is 25.2 Å². The van der Waals surface area contributed by atoms with Crippen LogP contribution in [-0.4, -0.2) is 57.5 Å². The average molecular weight is 405 g/mol. The molecule has 0 atom stereocenters. The summed E-state index contributed by atoms with van der Waals surface area (Å²) in [5.41, 5.74) is 0.839. The van der Waals surface area contributed by atoms with E-state index in [2.05, 4.69) is 20.7 Å². The van der Waals surface area contributed by atoms with Crippen molar-refractivity contribution in [3.63, 3.8) is 0 Å². The summed E-state index contributed by atoms with van der Waals surface area (Å²) in [6.45, 7) is 1.86. The zero-order valence-corrected chi connectivity index (χ0v) is 16.4. The molecule has 4 rings (SSSR count). The van der Waals surface area contributed by atoms with Crippen molar-refractivity contribution in [3.05, 3.63) is 40.7 Å². The van der Waals surface area contributed by atoms with Gasteiger partial charge in [0.05, 0.1) is 11.1 Å². The van der Waals surface area contributed by atoms with Crippen LogP contribution >= 0.6 is 12.4 Å². The maximum atomic E-state index is 12.6. The Labute approximate surface area is 167 Å². The van der Waals surface area contributed by atoms with Gasteiger partial charge in [0.2, 0.25) is 5.95 Å². The van der Waals surface area contributed by atoms with Gasteiger partial charge in [0, 0.05) is 25.6 Å². The van der Waals surface area contributed by atoms with Crippen LogP contribution in [0.3, 0.4) is 0 Å². The number of fused-ring (bicyclic) bond motifs is 1. The summed E-state index contributed by atoms with van der Waals surface area (Å²) in [4.78, 5) is 42.2. The number of aryl methyl sites for hydroxylation is 1. The lowest BCUT2D eigenvalue weighted by atomic mass is 9.98.